The molecule has 0 bridgehead atoms. The van der Waals surface area contributed by atoms with E-state index in [9.17, 15) is 14.4 Å². The molecule has 0 saturated heterocycles. The van der Waals surface area contributed by atoms with E-state index in [4.69, 9.17) is 25.8 Å². The largest absolute Gasteiger partial charge is 0.485 e. The molecule has 150 valence electrons. The van der Waals surface area contributed by atoms with Crippen molar-refractivity contribution in [3.05, 3.63) is 65.2 Å². The van der Waals surface area contributed by atoms with E-state index < -0.39 is 30.5 Å². The normalized spacial score (nSPS) is 14.9. The zero-order chi connectivity index (χ0) is 20.6. The number of nitrogens with one attached hydrogen (secondary N) is 2. The fourth-order valence-electron chi connectivity index (χ4n) is 2.32. The Morgan fingerprint density at radius 3 is 2.55 bits per heavy atom. The fourth-order valence-corrected chi connectivity index (χ4v) is 2.45. The summed E-state index contributed by atoms with van der Waals surface area (Å²) in [5, 5.41) is 0.581. The molecule has 2 amide bonds. The van der Waals surface area contributed by atoms with Crippen LogP contribution in [0, 0.1) is 0 Å². The predicted octanol–water partition coefficient (Wildman–Crippen LogP) is 1.88. The van der Waals surface area contributed by atoms with Gasteiger partial charge >= 0.3 is 5.97 Å². The first kappa shape index (κ1) is 20.2. The quantitative estimate of drug-likeness (QED) is 0.438. The van der Waals surface area contributed by atoms with Crippen LogP contribution in [-0.4, -0.2) is 37.1 Å². The molecule has 1 atom stereocenters. The maximum atomic E-state index is 12.1. The molecule has 0 unspecified atom stereocenters. The average Bonchev–Trinajstić information content (AvgIpc) is 2.75. The number of hydrogen-bond donors (Lipinski definition) is 2. The molecular weight excluding hydrogens is 400 g/mol. The number of halogens is 1. The van der Waals surface area contributed by atoms with Crippen molar-refractivity contribution < 1.29 is 28.6 Å². The second-order valence-electron chi connectivity index (χ2n) is 5.89. The number of carbonyl (C=O) groups excluding carboxylic acids is 3. The molecule has 9 heteroatoms. The molecule has 0 aromatic heterocycles. The van der Waals surface area contributed by atoms with E-state index in [1.54, 1.807) is 48.5 Å². The molecule has 1 aliphatic heterocycles. The van der Waals surface area contributed by atoms with Gasteiger partial charge in [-0.15, -0.1) is 0 Å². The Hall–Kier alpha value is -3.52. The molecule has 2 N–H and O–H groups in total. The number of esters is 1. The van der Waals surface area contributed by atoms with Crippen molar-refractivity contribution in [3.8, 4) is 11.5 Å². The summed E-state index contributed by atoms with van der Waals surface area (Å²) in [6.45, 7) is -0.557. The second-order valence-corrected chi connectivity index (χ2v) is 6.33. The molecule has 2 aromatic rings. The monoisotopic (exact) mass is 416 g/mol. The van der Waals surface area contributed by atoms with Crippen LogP contribution < -0.4 is 20.3 Å². The fraction of sp³-hybridized carbons (Fsp3) is 0.150. The van der Waals surface area contributed by atoms with Crippen LogP contribution >= 0.6 is 11.6 Å². The maximum absolute atomic E-state index is 12.1. The third kappa shape index (κ3) is 5.98. The zero-order valence-electron chi connectivity index (χ0n) is 15.1. The molecule has 0 spiro atoms. The van der Waals surface area contributed by atoms with Gasteiger partial charge in [0.1, 0.15) is 6.61 Å². The van der Waals surface area contributed by atoms with Gasteiger partial charge in [-0.1, -0.05) is 35.9 Å². The molecule has 0 fully saturated rings. The molecule has 29 heavy (non-hydrogen) atoms. The van der Waals surface area contributed by atoms with Crippen LogP contribution in [0.2, 0.25) is 5.02 Å². The second kappa shape index (κ2) is 9.61. The first-order valence-electron chi connectivity index (χ1n) is 8.59. The molecule has 1 heterocycles. The van der Waals surface area contributed by atoms with Crippen molar-refractivity contribution in [1.29, 1.82) is 0 Å². The Morgan fingerprint density at radius 1 is 1.07 bits per heavy atom. The van der Waals surface area contributed by atoms with Gasteiger partial charge in [0.25, 0.3) is 11.8 Å². The molecule has 0 radical (unpaired) electrons. The summed E-state index contributed by atoms with van der Waals surface area (Å²) < 4.78 is 15.7. The average molecular weight is 417 g/mol. The number of amides is 2. The molecule has 1 aliphatic rings. The van der Waals surface area contributed by atoms with E-state index in [1.807, 2.05) is 0 Å². The van der Waals surface area contributed by atoms with E-state index >= 15 is 0 Å². The molecular formula is C20H17ClN2O6. The number of carbonyl (C=O) groups is 3. The summed E-state index contributed by atoms with van der Waals surface area (Å²) in [6.07, 6.45) is 1.78. The van der Waals surface area contributed by atoms with Gasteiger partial charge in [0, 0.05) is 11.1 Å². The molecule has 0 saturated carbocycles. The Labute approximate surface area is 171 Å². The van der Waals surface area contributed by atoms with Crippen LogP contribution in [0.4, 0.5) is 0 Å². The minimum atomic E-state index is -0.921. The predicted molar refractivity (Wildman–Crippen MR) is 104 cm³/mol. The molecule has 3 rings (SSSR count). The number of hydrazine groups is 1. The Balaban J connectivity index is 1.38. The van der Waals surface area contributed by atoms with Gasteiger partial charge in [-0.05, 0) is 35.9 Å². The van der Waals surface area contributed by atoms with E-state index in [1.165, 1.54) is 12.2 Å². The van der Waals surface area contributed by atoms with Gasteiger partial charge < -0.3 is 14.2 Å². The van der Waals surface area contributed by atoms with Gasteiger partial charge in [-0.25, -0.2) is 4.79 Å². The lowest BCUT2D eigenvalue weighted by Crippen LogP contribution is -2.51. The maximum Gasteiger partial charge on any atom is 0.331 e. The minimum absolute atomic E-state index is 0.00317. The van der Waals surface area contributed by atoms with E-state index in [0.717, 1.165) is 5.56 Å². The van der Waals surface area contributed by atoms with Crippen LogP contribution in [0.25, 0.3) is 6.08 Å². The van der Waals surface area contributed by atoms with Crippen molar-refractivity contribution in [2.45, 2.75) is 6.10 Å². The summed E-state index contributed by atoms with van der Waals surface area (Å²) in [5.41, 5.74) is 5.10. The number of ether oxygens (including phenoxy) is 3. The first-order chi connectivity index (χ1) is 14.0. The van der Waals surface area contributed by atoms with Crippen LogP contribution in [0.3, 0.4) is 0 Å². The highest BCUT2D eigenvalue weighted by Gasteiger charge is 2.27. The smallest absolute Gasteiger partial charge is 0.331 e. The SMILES string of the molecule is O=C(COC(=O)/C=C/c1ccc(Cl)cc1)NNC(=O)[C@H]1COc2ccccc2O1. The summed E-state index contributed by atoms with van der Waals surface area (Å²) >= 11 is 5.78. The van der Waals surface area contributed by atoms with Gasteiger partial charge in [0.05, 0.1) is 0 Å². The van der Waals surface area contributed by atoms with Crippen molar-refractivity contribution >= 4 is 35.5 Å². The van der Waals surface area contributed by atoms with Gasteiger partial charge in [0.2, 0.25) is 6.10 Å². The summed E-state index contributed by atoms with van der Waals surface area (Å²) in [6, 6.07) is 13.7. The van der Waals surface area contributed by atoms with Crippen molar-refractivity contribution in [2.75, 3.05) is 13.2 Å². The highest BCUT2D eigenvalue weighted by atomic mass is 35.5. The zero-order valence-corrected chi connectivity index (χ0v) is 15.8. The van der Waals surface area contributed by atoms with E-state index in [2.05, 4.69) is 10.9 Å². The van der Waals surface area contributed by atoms with Crippen LogP contribution in [0.1, 0.15) is 5.56 Å². The van der Waals surface area contributed by atoms with Crippen LogP contribution in [0.15, 0.2) is 54.6 Å². The number of para-hydroxylation sites is 2. The topological polar surface area (TPSA) is 103 Å². The number of benzene rings is 2. The highest BCUT2D eigenvalue weighted by Crippen LogP contribution is 2.30. The molecule has 0 aliphatic carbocycles. The first-order valence-corrected chi connectivity index (χ1v) is 8.96. The van der Waals surface area contributed by atoms with E-state index in [-0.39, 0.29) is 6.61 Å². The summed E-state index contributed by atoms with van der Waals surface area (Å²) in [7, 11) is 0. The Bertz CT molecular complexity index is 929. The molecule has 2 aromatic carbocycles. The van der Waals surface area contributed by atoms with Gasteiger partial charge in [0.15, 0.2) is 18.1 Å². The third-order valence-electron chi connectivity index (χ3n) is 3.75. The lowest BCUT2D eigenvalue weighted by atomic mass is 10.2. The van der Waals surface area contributed by atoms with Gasteiger partial charge in [-0.3, -0.25) is 20.4 Å². The standard InChI is InChI=1S/C20H17ClN2O6/c21-14-8-5-13(6-9-14)7-10-19(25)28-12-18(24)22-23-20(26)17-11-27-15-3-1-2-4-16(15)29-17/h1-10,17H,11-12H2,(H,22,24)(H,23,26)/b10-7+/t17-/m1/s1. The van der Waals surface area contributed by atoms with Crippen molar-refractivity contribution in [3.63, 3.8) is 0 Å². The Kier molecular flexibility index (Phi) is 6.70. The van der Waals surface area contributed by atoms with Crippen LogP contribution in [-0.2, 0) is 19.1 Å². The number of fused-ring (bicyclic) bond motifs is 1. The van der Waals surface area contributed by atoms with Crippen molar-refractivity contribution in [2.24, 2.45) is 0 Å². The molecule has 8 nitrogen and oxygen atoms in total. The third-order valence-corrected chi connectivity index (χ3v) is 4.01. The van der Waals surface area contributed by atoms with Crippen LogP contribution in [0.5, 0.6) is 11.5 Å². The van der Waals surface area contributed by atoms with E-state index in [0.29, 0.717) is 16.5 Å². The number of hydrogen-bond acceptors (Lipinski definition) is 6. The minimum Gasteiger partial charge on any atom is -0.485 e. The summed E-state index contributed by atoms with van der Waals surface area (Å²) in [4.78, 5) is 35.5. The highest BCUT2D eigenvalue weighted by molar-refractivity contribution is 6.30. The van der Waals surface area contributed by atoms with Crippen molar-refractivity contribution in [1.82, 2.24) is 10.9 Å². The van der Waals surface area contributed by atoms with Gasteiger partial charge in [-0.2, -0.15) is 0 Å². The lowest BCUT2D eigenvalue weighted by molar-refractivity contribution is -0.145. The number of rotatable bonds is 5. The lowest BCUT2D eigenvalue weighted by Gasteiger charge is -2.25. The summed E-state index contributed by atoms with van der Waals surface area (Å²) in [5.74, 6) is -1.03. The Morgan fingerprint density at radius 2 is 1.79 bits per heavy atom.